The lowest BCUT2D eigenvalue weighted by Gasteiger charge is -2.40. The van der Waals surface area contributed by atoms with Crippen LogP contribution in [-0.4, -0.2) is 44.7 Å². The quantitative estimate of drug-likeness (QED) is 0.586. The molecule has 4 rings (SSSR count). The second kappa shape index (κ2) is 9.07. The van der Waals surface area contributed by atoms with Crippen molar-refractivity contribution in [1.82, 2.24) is 19.9 Å². The highest BCUT2D eigenvalue weighted by molar-refractivity contribution is 6.31. The molecule has 3 aromatic rings. The Hall–Kier alpha value is -2.28. The van der Waals surface area contributed by atoms with E-state index in [1.807, 2.05) is 18.3 Å². The molecule has 1 aliphatic rings. The van der Waals surface area contributed by atoms with Gasteiger partial charge in [-0.25, -0.2) is 9.07 Å². The summed E-state index contributed by atoms with van der Waals surface area (Å²) in [6.07, 6.45) is 4.10. The van der Waals surface area contributed by atoms with Gasteiger partial charge in [-0.05, 0) is 66.6 Å². The molecule has 1 atom stereocenters. The molecule has 7 heteroatoms. The van der Waals surface area contributed by atoms with Crippen molar-refractivity contribution >= 4 is 11.6 Å². The molecule has 0 aliphatic carbocycles. The largest absolute Gasteiger partial charge is 0.396 e. The normalized spacial score (nSPS) is 17.8. The number of halogens is 2. The van der Waals surface area contributed by atoms with Crippen LogP contribution in [-0.2, 0) is 6.54 Å². The Balaban J connectivity index is 1.47. The Bertz CT molecular complexity index is 1030. The van der Waals surface area contributed by atoms with Crippen molar-refractivity contribution in [3.63, 3.8) is 0 Å². The molecule has 0 spiro atoms. The standard InChI is InChI=1S/C24H28ClFN4O/c1-24(2,16-31)19-4-3-11-29(14-19)13-18-6-5-17(12-22(18)25)23-15-30(28-27-23)21-9-7-20(26)8-10-21/h5-10,12,15,19,31H,3-4,11,13-14,16H2,1-2H3/t19-/m0/s1. The maximum absolute atomic E-state index is 13.1. The van der Waals surface area contributed by atoms with E-state index in [4.69, 9.17) is 11.6 Å². The molecule has 0 saturated carbocycles. The van der Waals surface area contributed by atoms with Crippen molar-refractivity contribution in [1.29, 1.82) is 0 Å². The minimum absolute atomic E-state index is 0.0668. The molecule has 1 aromatic heterocycles. The number of nitrogens with zero attached hydrogens (tertiary/aromatic N) is 4. The number of aliphatic hydroxyl groups is 1. The minimum Gasteiger partial charge on any atom is -0.396 e. The molecule has 31 heavy (non-hydrogen) atoms. The number of aromatic nitrogens is 3. The first kappa shape index (κ1) is 21.9. The molecule has 164 valence electrons. The third-order valence-electron chi connectivity index (χ3n) is 6.35. The van der Waals surface area contributed by atoms with Gasteiger partial charge < -0.3 is 5.11 Å². The van der Waals surface area contributed by atoms with Gasteiger partial charge >= 0.3 is 0 Å². The number of piperidine rings is 1. The fraction of sp³-hybridized carbons (Fsp3) is 0.417. The fourth-order valence-corrected chi connectivity index (χ4v) is 4.40. The van der Waals surface area contributed by atoms with Crippen LogP contribution in [0.15, 0.2) is 48.7 Å². The number of hydrogen-bond donors (Lipinski definition) is 1. The second-order valence-electron chi connectivity index (χ2n) is 9.05. The van der Waals surface area contributed by atoms with Gasteiger partial charge in [0.1, 0.15) is 11.5 Å². The average molecular weight is 443 g/mol. The fourth-order valence-electron chi connectivity index (χ4n) is 4.16. The molecule has 0 amide bonds. The van der Waals surface area contributed by atoms with E-state index in [9.17, 15) is 9.50 Å². The first-order chi connectivity index (χ1) is 14.9. The number of benzene rings is 2. The van der Waals surface area contributed by atoms with Crippen molar-refractivity contribution in [2.24, 2.45) is 11.3 Å². The zero-order chi connectivity index (χ0) is 22.0. The zero-order valence-electron chi connectivity index (χ0n) is 17.9. The van der Waals surface area contributed by atoms with E-state index in [1.165, 1.54) is 12.1 Å². The zero-order valence-corrected chi connectivity index (χ0v) is 18.7. The van der Waals surface area contributed by atoms with Gasteiger partial charge in [-0.1, -0.05) is 42.8 Å². The highest BCUT2D eigenvalue weighted by Crippen LogP contribution is 2.34. The highest BCUT2D eigenvalue weighted by atomic mass is 35.5. The van der Waals surface area contributed by atoms with Gasteiger partial charge in [0.15, 0.2) is 0 Å². The van der Waals surface area contributed by atoms with Gasteiger partial charge in [0.05, 0.1) is 11.9 Å². The molecule has 1 saturated heterocycles. The Morgan fingerprint density at radius 1 is 1.19 bits per heavy atom. The van der Waals surface area contributed by atoms with E-state index in [1.54, 1.807) is 16.8 Å². The maximum Gasteiger partial charge on any atom is 0.123 e. The number of likely N-dealkylation sites (tertiary alicyclic amines) is 1. The van der Waals surface area contributed by atoms with E-state index >= 15 is 0 Å². The van der Waals surface area contributed by atoms with E-state index in [0.29, 0.717) is 16.6 Å². The summed E-state index contributed by atoms with van der Waals surface area (Å²) in [7, 11) is 0. The van der Waals surface area contributed by atoms with Gasteiger partial charge in [0, 0.05) is 30.3 Å². The summed E-state index contributed by atoms with van der Waals surface area (Å²) in [5, 5.41) is 18.8. The Morgan fingerprint density at radius 2 is 1.97 bits per heavy atom. The van der Waals surface area contributed by atoms with E-state index in [0.717, 1.165) is 49.3 Å². The lowest BCUT2D eigenvalue weighted by Crippen LogP contribution is -2.42. The third kappa shape index (κ3) is 4.97. The lowest BCUT2D eigenvalue weighted by atomic mass is 9.75. The topological polar surface area (TPSA) is 54.2 Å². The van der Waals surface area contributed by atoms with Crippen molar-refractivity contribution in [2.75, 3.05) is 19.7 Å². The molecule has 2 aromatic carbocycles. The molecular formula is C24H28ClFN4O. The lowest BCUT2D eigenvalue weighted by molar-refractivity contribution is 0.0382. The van der Waals surface area contributed by atoms with Crippen LogP contribution in [0.5, 0.6) is 0 Å². The van der Waals surface area contributed by atoms with Crippen LogP contribution >= 0.6 is 11.6 Å². The molecule has 0 unspecified atom stereocenters. The predicted molar refractivity (Wildman–Crippen MR) is 121 cm³/mol. The highest BCUT2D eigenvalue weighted by Gasteiger charge is 2.32. The predicted octanol–water partition coefficient (Wildman–Crippen LogP) is 4.96. The first-order valence-corrected chi connectivity index (χ1v) is 11.0. The summed E-state index contributed by atoms with van der Waals surface area (Å²) in [6, 6.07) is 12.1. The SMILES string of the molecule is CC(C)(CO)[C@H]1CCCN(Cc2ccc(-c3cn(-c4ccc(F)cc4)nn3)cc2Cl)C1. The number of hydrogen-bond acceptors (Lipinski definition) is 4. The van der Waals surface area contributed by atoms with Crippen molar-refractivity contribution in [3.05, 3.63) is 65.1 Å². The molecule has 1 N–H and O–H groups in total. The molecule has 0 bridgehead atoms. The Morgan fingerprint density at radius 3 is 2.68 bits per heavy atom. The van der Waals surface area contributed by atoms with Crippen LogP contribution in [0.25, 0.3) is 16.9 Å². The molecule has 1 fully saturated rings. The van der Waals surface area contributed by atoms with Gasteiger partial charge in [0.25, 0.3) is 0 Å². The van der Waals surface area contributed by atoms with Crippen LogP contribution in [0.2, 0.25) is 5.02 Å². The van der Waals surface area contributed by atoms with Gasteiger partial charge in [-0.15, -0.1) is 5.10 Å². The van der Waals surface area contributed by atoms with Crippen LogP contribution in [0, 0.1) is 17.2 Å². The average Bonchev–Trinajstić information content (AvgIpc) is 3.26. The molecule has 1 aliphatic heterocycles. The van der Waals surface area contributed by atoms with E-state index in [-0.39, 0.29) is 17.8 Å². The van der Waals surface area contributed by atoms with Crippen LogP contribution in [0.1, 0.15) is 32.3 Å². The van der Waals surface area contributed by atoms with Crippen LogP contribution in [0.3, 0.4) is 0 Å². The summed E-state index contributed by atoms with van der Waals surface area (Å²) in [6.45, 7) is 7.29. The van der Waals surface area contributed by atoms with E-state index in [2.05, 4.69) is 35.1 Å². The van der Waals surface area contributed by atoms with Crippen LogP contribution in [0.4, 0.5) is 4.39 Å². The smallest absolute Gasteiger partial charge is 0.123 e. The van der Waals surface area contributed by atoms with Gasteiger partial charge in [-0.3, -0.25) is 4.90 Å². The summed E-state index contributed by atoms with van der Waals surface area (Å²) in [4.78, 5) is 2.43. The monoisotopic (exact) mass is 442 g/mol. The van der Waals surface area contributed by atoms with E-state index < -0.39 is 0 Å². The summed E-state index contributed by atoms with van der Waals surface area (Å²) in [5.41, 5.74) is 3.36. The molecule has 2 heterocycles. The van der Waals surface area contributed by atoms with Gasteiger partial charge in [0.2, 0.25) is 0 Å². The summed E-state index contributed by atoms with van der Waals surface area (Å²) < 4.78 is 14.8. The van der Waals surface area contributed by atoms with Crippen LogP contribution < -0.4 is 0 Å². The number of rotatable bonds is 6. The van der Waals surface area contributed by atoms with Crippen molar-refractivity contribution < 1.29 is 9.50 Å². The van der Waals surface area contributed by atoms with Crippen molar-refractivity contribution in [2.45, 2.75) is 33.2 Å². The summed E-state index contributed by atoms with van der Waals surface area (Å²) in [5.74, 6) is 0.192. The van der Waals surface area contributed by atoms with Crippen molar-refractivity contribution in [3.8, 4) is 16.9 Å². The Labute approximate surface area is 187 Å². The molecule has 0 radical (unpaired) electrons. The third-order valence-corrected chi connectivity index (χ3v) is 6.70. The Kier molecular flexibility index (Phi) is 6.42. The number of aliphatic hydroxyl groups excluding tert-OH is 1. The maximum atomic E-state index is 13.1. The molecular weight excluding hydrogens is 415 g/mol. The first-order valence-electron chi connectivity index (χ1n) is 10.7. The van der Waals surface area contributed by atoms with Gasteiger partial charge in [-0.2, -0.15) is 0 Å². The second-order valence-corrected chi connectivity index (χ2v) is 9.46. The molecule has 5 nitrogen and oxygen atoms in total. The summed E-state index contributed by atoms with van der Waals surface area (Å²) >= 11 is 6.63. The minimum atomic E-state index is -0.286.